The number of nitro benzene ring substituents is 1. The second-order valence-electron chi connectivity index (χ2n) is 6.56. The molecular weight excluding hydrogens is 282 g/mol. The van der Waals surface area contributed by atoms with E-state index in [0.29, 0.717) is 5.75 Å². The zero-order chi connectivity index (χ0) is 15.7. The van der Waals surface area contributed by atoms with Gasteiger partial charge < -0.3 is 15.0 Å². The number of nitrogens with one attached hydrogen (secondary N) is 1. The predicted octanol–water partition coefficient (Wildman–Crippen LogP) is 2.71. The number of hydrogen-bond acceptors (Lipinski definition) is 5. The largest absolute Gasteiger partial charge is 0.484 e. The van der Waals surface area contributed by atoms with Crippen LogP contribution in [0.4, 0.5) is 11.4 Å². The Kier molecular flexibility index (Phi) is 3.95. The van der Waals surface area contributed by atoms with Crippen molar-refractivity contribution in [2.24, 2.45) is 0 Å². The Labute approximate surface area is 130 Å². The summed E-state index contributed by atoms with van der Waals surface area (Å²) in [5.41, 5.74) is 1.28. The van der Waals surface area contributed by atoms with Gasteiger partial charge >= 0.3 is 5.69 Å². The van der Waals surface area contributed by atoms with Crippen molar-refractivity contribution in [1.82, 2.24) is 5.32 Å². The molecule has 2 saturated heterocycles. The van der Waals surface area contributed by atoms with Crippen LogP contribution in [0.3, 0.4) is 0 Å². The first kappa shape index (κ1) is 15.1. The summed E-state index contributed by atoms with van der Waals surface area (Å²) in [6.07, 6.45) is 3.49. The molecule has 2 aliphatic heterocycles. The molecule has 2 heterocycles. The average molecular weight is 305 g/mol. The summed E-state index contributed by atoms with van der Waals surface area (Å²) in [5.74, 6) is 0.359. The van der Waals surface area contributed by atoms with Crippen molar-refractivity contribution in [1.29, 1.82) is 0 Å². The standard InChI is InChI=1S/C16H23N3O3/c1-12(2)22-15-10-13(4-5-14(15)19(20)21)18-9-7-16(11-18)6-3-8-17-16/h4-5,10,12,17H,3,6-9,11H2,1-2H3. The van der Waals surface area contributed by atoms with Crippen LogP contribution in [-0.2, 0) is 0 Å². The van der Waals surface area contributed by atoms with Crippen LogP contribution in [-0.4, -0.2) is 36.2 Å². The molecule has 1 atom stereocenters. The molecule has 3 rings (SSSR count). The Morgan fingerprint density at radius 3 is 2.86 bits per heavy atom. The fourth-order valence-electron chi connectivity index (χ4n) is 3.51. The van der Waals surface area contributed by atoms with Crippen LogP contribution < -0.4 is 15.0 Å². The summed E-state index contributed by atoms with van der Waals surface area (Å²) >= 11 is 0. The van der Waals surface area contributed by atoms with Crippen LogP contribution in [0.5, 0.6) is 5.75 Å². The van der Waals surface area contributed by atoms with Crippen molar-refractivity contribution < 1.29 is 9.66 Å². The number of nitro groups is 1. The molecule has 0 bridgehead atoms. The highest BCUT2D eigenvalue weighted by Gasteiger charge is 2.40. The topological polar surface area (TPSA) is 67.6 Å². The molecule has 6 nitrogen and oxygen atoms in total. The van der Waals surface area contributed by atoms with Crippen molar-refractivity contribution in [3.63, 3.8) is 0 Å². The molecule has 0 radical (unpaired) electrons. The minimum absolute atomic E-state index is 0.0327. The third kappa shape index (κ3) is 2.88. The number of hydrogen-bond donors (Lipinski definition) is 1. The van der Waals surface area contributed by atoms with Gasteiger partial charge in [-0.2, -0.15) is 0 Å². The molecule has 0 aromatic heterocycles. The number of nitrogens with zero attached hydrogens (tertiary/aromatic N) is 2. The second kappa shape index (κ2) is 5.76. The van der Waals surface area contributed by atoms with Crippen LogP contribution in [0.15, 0.2) is 18.2 Å². The third-order valence-corrected chi connectivity index (χ3v) is 4.55. The Morgan fingerprint density at radius 1 is 1.41 bits per heavy atom. The third-order valence-electron chi connectivity index (χ3n) is 4.55. The van der Waals surface area contributed by atoms with E-state index in [-0.39, 0.29) is 22.3 Å². The van der Waals surface area contributed by atoms with E-state index >= 15 is 0 Å². The van der Waals surface area contributed by atoms with E-state index in [0.717, 1.165) is 31.7 Å². The summed E-state index contributed by atoms with van der Waals surface area (Å²) in [4.78, 5) is 13.1. The monoisotopic (exact) mass is 305 g/mol. The molecule has 1 N–H and O–H groups in total. The summed E-state index contributed by atoms with van der Waals surface area (Å²) in [6, 6.07) is 5.20. The number of rotatable bonds is 4. The molecule has 0 saturated carbocycles. The number of ether oxygens (including phenoxy) is 1. The molecule has 0 amide bonds. The lowest BCUT2D eigenvalue weighted by atomic mass is 9.97. The van der Waals surface area contributed by atoms with Gasteiger partial charge in [-0.15, -0.1) is 0 Å². The second-order valence-corrected chi connectivity index (χ2v) is 6.56. The average Bonchev–Trinajstić information content (AvgIpc) is 3.08. The van der Waals surface area contributed by atoms with Gasteiger partial charge in [0.25, 0.3) is 0 Å². The number of anilines is 1. The van der Waals surface area contributed by atoms with E-state index in [2.05, 4.69) is 10.2 Å². The van der Waals surface area contributed by atoms with Gasteiger partial charge in [-0.3, -0.25) is 10.1 Å². The van der Waals surface area contributed by atoms with Gasteiger partial charge in [0.2, 0.25) is 0 Å². The van der Waals surface area contributed by atoms with E-state index < -0.39 is 0 Å². The minimum atomic E-state index is -0.383. The molecule has 2 aliphatic rings. The predicted molar refractivity (Wildman–Crippen MR) is 85.7 cm³/mol. The SMILES string of the molecule is CC(C)Oc1cc(N2CCC3(CCCN3)C2)ccc1[N+](=O)[O-]. The lowest BCUT2D eigenvalue weighted by Gasteiger charge is -2.25. The smallest absolute Gasteiger partial charge is 0.311 e. The summed E-state index contributed by atoms with van der Waals surface area (Å²) in [7, 11) is 0. The molecule has 1 aromatic carbocycles. The fraction of sp³-hybridized carbons (Fsp3) is 0.625. The molecule has 6 heteroatoms. The Bertz CT molecular complexity index is 568. The first-order valence-corrected chi connectivity index (χ1v) is 7.94. The first-order chi connectivity index (χ1) is 10.5. The van der Waals surface area contributed by atoms with Gasteiger partial charge in [0.1, 0.15) is 0 Å². The van der Waals surface area contributed by atoms with Gasteiger partial charge in [-0.1, -0.05) is 0 Å². The summed E-state index contributed by atoms with van der Waals surface area (Å²) in [6.45, 7) is 6.79. The highest BCUT2D eigenvalue weighted by molar-refractivity contribution is 5.60. The van der Waals surface area contributed by atoms with E-state index in [1.165, 1.54) is 12.8 Å². The fourth-order valence-corrected chi connectivity index (χ4v) is 3.51. The molecule has 0 aliphatic carbocycles. The molecule has 120 valence electrons. The first-order valence-electron chi connectivity index (χ1n) is 7.94. The van der Waals surface area contributed by atoms with Gasteiger partial charge in [0.15, 0.2) is 5.75 Å². The van der Waals surface area contributed by atoms with Gasteiger partial charge in [-0.05, 0) is 45.7 Å². The maximum atomic E-state index is 11.1. The minimum Gasteiger partial charge on any atom is -0.484 e. The van der Waals surface area contributed by atoms with E-state index in [4.69, 9.17) is 4.74 Å². The van der Waals surface area contributed by atoms with Gasteiger partial charge in [0, 0.05) is 36.4 Å². The zero-order valence-corrected chi connectivity index (χ0v) is 13.2. The molecular formula is C16H23N3O3. The molecule has 1 spiro atoms. The van der Waals surface area contributed by atoms with Gasteiger partial charge in [0.05, 0.1) is 11.0 Å². The van der Waals surface area contributed by atoms with E-state index in [9.17, 15) is 10.1 Å². The highest BCUT2D eigenvalue weighted by atomic mass is 16.6. The van der Waals surface area contributed by atoms with Crippen LogP contribution in [0.2, 0.25) is 0 Å². The number of benzene rings is 1. The summed E-state index contributed by atoms with van der Waals surface area (Å²) < 4.78 is 5.64. The normalized spacial score (nSPS) is 24.4. The lowest BCUT2D eigenvalue weighted by molar-refractivity contribution is -0.386. The van der Waals surface area contributed by atoms with Crippen molar-refractivity contribution in [2.75, 3.05) is 24.5 Å². The van der Waals surface area contributed by atoms with Crippen LogP contribution >= 0.6 is 0 Å². The maximum absolute atomic E-state index is 11.1. The Balaban J connectivity index is 1.83. The zero-order valence-electron chi connectivity index (χ0n) is 13.2. The van der Waals surface area contributed by atoms with E-state index in [1.807, 2.05) is 26.0 Å². The molecule has 1 unspecified atom stereocenters. The Hall–Kier alpha value is -1.82. The van der Waals surface area contributed by atoms with Crippen molar-refractivity contribution >= 4 is 11.4 Å². The summed E-state index contributed by atoms with van der Waals surface area (Å²) in [5, 5.41) is 14.8. The quantitative estimate of drug-likeness (QED) is 0.684. The maximum Gasteiger partial charge on any atom is 0.311 e. The van der Waals surface area contributed by atoms with Crippen molar-refractivity contribution in [3.8, 4) is 5.75 Å². The Morgan fingerprint density at radius 2 is 2.23 bits per heavy atom. The lowest BCUT2D eigenvalue weighted by Crippen LogP contribution is -2.42. The van der Waals surface area contributed by atoms with Crippen LogP contribution in [0.1, 0.15) is 33.1 Å². The van der Waals surface area contributed by atoms with Crippen molar-refractivity contribution in [3.05, 3.63) is 28.3 Å². The molecule has 2 fully saturated rings. The molecule has 22 heavy (non-hydrogen) atoms. The van der Waals surface area contributed by atoms with Gasteiger partial charge in [-0.25, -0.2) is 0 Å². The van der Waals surface area contributed by atoms with Crippen molar-refractivity contribution in [2.45, 2.75) is 44.8 Å². The van der Waals surface area contributed by atoms with Crippen LogP contribution in [0.25, 0.3) is 0 Å². The van der Waals surface area contributed by atoms with E-state index in [1.54, 1.807) is 6.07 Å². The highest BCUT2D eigenvalue weighted by Crippen LogP contribution is 2.37. The molecule has 1 aromatic rings. The van der Waals surface area contributed by atoms with Crippen LogP contribution in [0, 0.1) is 10.1 Å².